The molecule has 5 heteroatoms. The van der Waals surface area contributed by atoms with Crippen molar-refractivity contribution < 1.29 is 4.74 Å². The van der Waals surface area contributed by atoms with Crippen LogP contribution in [0.1, 0.15) is 58.2 Å². The van der Waals surface area contributed by atoms with Gasteiger partial charge < -0.3 is 14.5 Å². The minimum absolute atomic E-state index is 0.0339. The Morgan fingerprint density at radius 3 is 1.61 bits per heavy atom. The van der Waals surface area contributed by atoms with Crippen LogP contribution >= 0.6 is 0 Å². The number of rotatable bonds is 10. The first-order valence-electron chi connectivity index (χ1n) is 27.9. The zero-order valence-corrected chi connectivity index (χ0v) is 46.6. The lowest BCUT2D eigenvalue weighted by atomic mass is 9.85. The van der Waals surface area contributed by atoms with Gasteiger partial charge in [-0.1, -0.05) is 211 Å². The van der Waals surface area contributed by atoms with Gasteiger partial charge in [-0.3, -0.25) is 4.57 Å². The van der Waals surface area contributed by atoms with E-state index in [0.29, 0.717) is 6.67 Å². The number of hydrogen-bond donors (Lipinski definition) is 0. The zero-order valence-electron chi connectivity index (χ0n) is 46.6. The van der Waals surface area contributed by atoms with Gasteiger partial charge in [0.15, 0.2) is 0 Å². The average molecular weight is 1040 g/mol. The summed E-state index contributed by atoms with van der Waals surface area (Å²) in [6.07, 6.45) is 2.01. The van der Waals surface area contributed by atoms with Crippen LogP contribution in [0.3, 0.4) is 0 Å². The van der Waals surface area contributed by atoms with Gasteiger partial charge in [-0.05, 0) is 134 Å². The average Bonchev–Trinajstić information content (AvgIpc) is 4.16. The predicted octanol–water partition coefficient (Wildman–Crippen LogP) is 20.5. The summed E-state index contributed by atoms with van der Waals surface area (Å²) in [6.45, 7) is 16.4. The molecule has 12 aromatic rings. The Hall–Kier alpha value is -9.45. The highest BCUT2D eigenvalue weighted by Gasteiger charge is 2.33. The molecule has 2 aromatic heterocycles. The summed E-state index contributed by atoms with van der Waals surface area (Å²) < 4.78 is 9.46. The minimum Gasteiger partial charge on any atom is -0.457 e. The summed E-state index contributed by atoms with van der Waals surface area (Å²) in [5.74, 6) is 2.38. The molecule has 0 radical (unpaired) electrons. The Kier molecular flexibility index (Phi) is 12.6. The molecule has 10 aromatic carbocycles. The highest BCUT2D eigenvalue weighted by molar-refractivity contribution is 6.11. The largest absolute Gasteiger partial charge is 0.457 e. The molecule has 0 atom stereocenters. The maximum absolute atomic E-state index is 7.16. The van der Waals surface area contributed by atoms with Crippen LogP contribution < -0.4 is 14.5 Å². The molecule has 0 spiro atoms. The van der Waals surface area contributed by atoms with Crippen LogP contribution in [-0.2, 0) is 10.8 Å². The van der Waals surface area contributed by atoms with E-state index >= 15 is 0 Å². The van der Waals surface area contributed by atoms with E-state index in [-0.39, 0.29) is 10.8 Å². The fourth-order valence-electron chi connectivity index (χ4n) is 11.6. The van der Waals surface area contributed by atoms with Gasteiger partial charge in [-0.2, -0.15) is 0 Å². The van der Waals surface area contributed by atoms with E-state index in [1.807, 2.05) is 6.20 Å². The monoisotopic (exact) mass is 1040 g/mol. The van der Waals surface area contributed by atoms with Gasteiger partial charge in [0.2, 0.25) is 0 Å². The summed E-state index contributed by atoms with van der Waals surface area (Å²) in [4.78, 5) is 10.2. The molecule has 0 aliphatic carbocycles. The SMILES string of the molecule is Cc1cc(-n2c3ccc(-c4ccccc4)cc3c3ccc(Oc4cc(N5CN(c6c(-c7ccc(C(C)(C)C)cc7)cccc6-c6cccc(-c7ccccc7)c6)c6ccccc65)cc(C(C)(C)C)c4)cc32)ncc1-c1ccccc1. The molecule has 0 N–H and O–H groups in total. The molecule has 1 aliphatic rings. The molecular formula is C75H64N4O. The van der Waals surface area contributed by atoms with Crippen LogP contribution in [0.2, 0.25) is 0 Å². The van der Waals surface area contributed by atoms with Crippen molar-refractivity contribution >= 4 is 44.6 Å². The second kappa shape index (κ2) is 20.1. The number of para-hydroxylation sites is 3. The van der Waals surface area contributed by atoms with Crippen molar-refractivity contribution in [2.45, 2.75) is 59.3 Å². The highest BCUT2D eigenvalue weighted by Crippen LogP contribution is 2.51. The predicted molar refractivity (Wildman–Crippen MR) is 336 cm³/mol. The van der Waals surface area contributed by atoms with E-state index in [2.05, 4.69) is 305 Å². The third kappa shape index (κ3) is 9.39. The van der Waals surface area contributed by atoms with E-state index in [9.17, 15) is 0 Å². The maximum Gasteiger partial charge on any atom is 0.137 e. The van der Waals surface area contributed by atoms with Crippen molar-refractivity contribution in [2.75, 3.05) is 16.5 Å². The maximum atomic E-state index is 7.16. The Bertz CT molecular complexity index is 4260. The number of aryl methyl sites for hydroxylation is 1. The molecule has 0 fully saturated rings. The number of fused-ring (bicyclic) bond motifs is 4. The smallest absolute Gasteiger partial charge is 0.137 e. The molecule has 3 heterocycles. The molecule has 5 nitrogen and oxygen atoms in total. The third-order valence-electron chi connectivity index (χ3n) is 16.0. The van der Waals surface area contributed by atoms with Crippen molar-refractivity contribution in [1.29, 1.82) is 0 Å². The van der Waals surface area contributed by atoms with Gasteiger partial charge in [0.25, 0.3) is 0 Å². The van der Waals surface area contributed by atoms with E-state index in [4.69, 9.17) is 9.72 Å². The number of ether oxygens (including phenoxy) is 1. The quantitative estimate of drug-likeness (QED) is 0.137. The fraction of sp³-hybridized carbons (Fsp3) is 0.133. The van der Waals surface area contributed by atoms with Crippen LogP contribution in [0, 0.1) is 6.92 Å². The molecule has 0 unspecified atom stereocenters. The Morgan fingerprint density at radius 1 is 0.388 bits per heavy atom. The fourth-order valence-corrected chi connectivity index (χ4v) is 11.6. The number of nitrogens with zero attached hydrogens (tertiary/aromatic N) is 4. The van der Waals surface area contributed by atoms with Crippen LogP contribution in [0.4, 0.5) is 22.7 Å². The summed E-state index contributed by atoms with van der Waals surface area (Å²) in [7, 11) is 0. The lowest BCUT2D eigenvalue weighted by Gasteiger charge is -2.28. The van der Waals surface area contributed by atoms with Gasteiger partial charge >= 0.3 is 0 Å². The normalized spacial score (nSPS) is 12.6. The van der Waals surface area contributed by atoms with Crippen LogP contribution in [0.15, 0.2) is 249 Å². The minimum atomic E-state index is -0.182. The van der Waals surface area contributed by atoms with Crippen LogP contribution in [0.25, 0.3) is 83.3 Å². The molecule has 0 amide bonds. The molecule has 0 saturated carbocycles. The lowest BCUT2D eigenvalue weighted by Crippen LogP contribution is -2.25. The topological polar surface area (TPSA) is 33.5 Å². The van der Waals surface area contributed by atoms with Gasteiger partial charge in [0, 0.05) is 51.5 Å². The van der Waals surface area contributed by atoms with Crippen molar-refractivity contribution in [2.24, 2.45) is 0 Å². The van der Waals surface area contributed by atoms with E-state index in [1.54, 1.807) is 0 Å². The highest BCUT2D eigenvalue weighted by atomic mass is 16.5. The van der Waals surface area contributed by atoms with E-state index in [1.165, 1.54) is 61.3 Å². The molecule has 0 saturated heterocycles. The lowest BCUT2D eigenvalue weighted by molar-refractivity contribution is 0.479. The number of hydrogen-bond acceptors (Lipinski definition) is 4. The number of benzene rings is 10. The van der Waals surface area contributed by atoms with Gasteiger partial charge in [-0.15, -0.1) is 0 Å². The van der Waals surface area contributed by atoms with Crippen molar-refractivity contribution in [3.05, 3.63) is 266 Å². The summed E-state index contributed by atoms with van der Waals surface area (Å²) >= 11 is 0. The number of anilines is 4. The first kappa shape index (κ1) is 50.1. The van der Waals surface area contributed by atoms with E-state index in [0.717, 1.165) is 72.9 Å². The van der Waals surface area contributed by atoms with Gasteiger partial charge in [0.1, 0.15) is 24.0 Å². The molecular weight excluding hydrogens is 973 g/mol. The van der Waals surface area contributed by atoms with Gasteiger partial charge in [0.05, 0.1) is 28.1 Å². The second-order valence-electron chi connectivity index (χ2n) is 23.4. The number of aromatic nitrogens is 2. The summed E-state index contributed by atoms with van der Waals surface area (Å²) in [6, 6.07) is 88.0. The van der Waals surface area contributed by atoms with Crippen molar-refractivity contribution in [3.63, 3.8) is 0 Å². The zero-order chi connectivity index (χ0) is 54.7. The standard InChI is InChI=1S/C75H64N4O/c1-50-41-72(76-48-67(50)53-25-15-10-16-26-53)79-68-40-35-56(52-23-13-9-14-24-52)43-66(68)65-39-38-61(47-71(65)79)80-62-45-59(75(5,6)7)44-60(46-62)77-49-78(70-32-18-17-31-69(70)77)73-63(54-33-36-58(37-34-54)74(2,3)4)29-20-30-64(73)57-28-19-27-55(42-57)51-21-11-8-12-22-51/h8-48H,49H2,1-7H3. The van der Waals surface area contributed by atoms with Crippen molar-refractivity contribution in [3.8, 4) is 73.0 Å². The Morgan fingerprint density at radius 2 is 0.950 bits per heavy atom. The Labute approximate surface area is 470 Å². The number of pyridine rings is 1. The summed E-state index contributed by atoms with van der Waals surface area (Å²) in [5.41, 5.74) is 21.8. The van der Waals surface area contributed by atoms with Crippen LogP contribution in [0.5, 0.6) is 11.5 Å². The third-order valence-corrected chi connectivity index (χ3v) is 16.0. The molecule has 80 heavy (non-hydrogen) atoms. The summed E-state index contributed by atoms with van der Waals surface area (Å²) in [5, 5.41) is 2.29. The first-order valence-corrected chi connectivity index (χ1v) is 27.9. The van der Waals surface area contributed by atoms with Crippen LogP contribution in [-0.4, -0.2) is 16.2 Å². The molecule has 390 valence electrons. The first-order chi connectivity index (χ1) is 38.8. The van der Waals surface area contributed by atoms with Gasteiger partial charge in [-0.25, -0.2) is 4.98 Å². The molecule has 0 bridgehead atoms. The molecule has 1 aliphatic heterocycles. The molecule has 13 rings (SSSR count). The second-order valence-corrected chi connectivity index (χ2v) is 23.4. The van der Waals surface area contributed by atoms with E-state index < -0.39 is 0 Å². The Balaban J connectivity index is 0.924. The van der Waals surface area contributed by atoms with Crippen molar-refractivity contribution in [1.82, 2.24) is 9.55 Å².